The van der Waals surface area contributed by atoms with Gasteiger partial charge in [0.05, 0.1) is 6.10 Å². The summed E-state index contributed by atoms with van der Waals surface area (Å²) in [7, 11) is -8.88. The Kier molecular flexibility index (Phi) is 4.00. The van der Waals surface area contributed by atoms with Gasteiger partial charge in [-0.15, -0.1) is 0 Å². The van der Waals surface area contributed by atoms with E-state index >= 15 is 0 Å². The number of hydrogen-bond acceptors (Lipinski definition) is 5. The van der Waals surface area contributed by atoms with Crippen molar-refractivity contribution in [2.24, 2.45) is 0 Å². The molecule has 0 amide bonds. The average Bonchev–Trinajstić information content (AvgIpc) is 2.79. The molecule has 4 N–H and O–H groups in total. The van der Waals surface area contributed by atoms with Gasteiger partial charge < -0.3 is 29.0 Å². The normalized spacial score (nSPS) is 32.9. The molecule has 1 aliphatic rings. The minimum atomic E-state index is -4.77. The van der Waals surface area contributed by atoms with Crippen molar-refractivity contribution in [1.29, 1.82) is 0 Å². The zero-order valence-electron chi connectivity index (χ0n) is 8.63. The molecule has 0 radical (unpaired) electrons. The second kappa shape index (κ2) is 4.48. The molecule has 8 nitrogen and oxygen atoms in total. The Balaban J connectivity index is 2.61. The van der Waals surface area contributed by atoms with Gasteiger partial charge in [0.2, 0.25) is 0 Å². The van der Waals surface area contributed by atoms with Crippen molar-refractivity contribution in [2.45, 2.75) is 37.7 Å². The third kappa shape index (κ3) is 3.35. The molecule has 0 aromatic carbocycles. The SMILES string of the molecule is CC(OP(=O)(O)[C@H]1O[C@H]1C)C(O)P(=O)(O)O. The van der Waals surface area contributed by atoms with Crippen LogP contribution in [0.2, 0.25) is 0 Å². The molecule has 0 aliphatic carbocycles. The Labute approximate surface area is 91.9 Å². The summed E-state index contributed by atoms with van der Waals surface area (Å²) < 4.78 is 31.4. The lowest BCUT2D eigenvalue weighted by Gasteiger charge is -2.22. The van der Waals surface area contributed by atoms with Crippen LogP contribution in [-0.2, 0) is 18.4 Å². The van der Waals surface area contributed by atoms with E-state index in [4.69, 9.17) is 19.6 Å². The van der Waals surface area contributed by atoms with E-state index in [9.17, 15) is 14.0 Å². The maximum atomic E-state index is 11.5. The number of ether oxygens (including phenoxy) is 1. The molecule has 1 saturated heterocycles. The van der Waals surface area contributed by atoms with Crippen molar-refractivity contribution in [2.75, 3.05) is 0 Å². The molecule has 1 aliphatic heterocycles. The molecule has 0 saturated carbocycles. The maximum absolute atomic E-state index is 11.5. The van der Waals surface area contributed by atoms with Crippen LogP contribution in [0, 0.1) is 0 Å². The fraction of sp³-hybridized carbons (Fsp3) is 1.00. The summed E-state index contributed by atoms with van der Waals surface area (Å²) in [5, 5.41) is 9.12. The molecule has 0 bridgehead atoms. The summed E-state index contributed by atoms with van der Waals surface area (Å²) in [5.41, 5.74) is 0. The fourth-order valence-corrected chi connectivity index (χ4v) is 3.43. The summed E-state index contributed by atoms with van der Waals surface area (Å²) in [5.74, 6) is -3.12. The van der Waals surface area contributed by atoms with Gasteiger partial charge in [-0.25, -0.2) is 0 Å². The Morgan fingerprint density at radius 1 is 1.31 bits per heavy atom. The molecule has 0 aromatic rings. The van der Waals surface area contributed by atoms with Crippen LogP contribution in [0.25, 0.3) is 0 Å². The molecule has 16 heavy (non-hydrogen) atoms. The van der Waals surface area contributed by atoms with Crippen molar-refractivity contribution in [3.05, 3.63) is 0 Å². The van der Waals surface area contributed by atoms with Gasteiger partial charge in [0.15, 0.2) is 11.7 Å². The predicted molar refractivity (Wildman–Crippen MR) is 52.8 cm³/mol. The van der Waals surface area contributed by atoms with Gasteiger partial charge in [0, 0.05) is 0 Å². The average molecular weight is 276 g/mol. The minimum absolute atomic E-state index is 0.435. The molecule has 0 aromatic heterocycles. The van der Waals surface area contributed by atoms with E-state index in [1.165, 1.54) is 0 Å². The van der Waals surface area contributed by atoms with Gasteiger partial charge in [-0.1, -0.05) is 0 Å². The lowest BCUT2D eigenvalue weighted by Crippen LogP contribution is -2.25. The first-order valence-electron chi connectivity index (χ1n) is 4.45. The van der Waals surface area contributed by atoms with Gasteiger partial charge in [-0.3, -0.25) is 9.13 Å². The second-order valence-electron chi connectivity index (χ2n) is 3.61. The number of rotatable bonds is 5. The van der Waals surface area contributed by atoms with Crippen LogP contribution < -0.4 is 0 Å². The van der Waals surface area contributed by atoms with Crippen LogP contribution >= 0.6 is 15.2 Å². The number of aliphatic hydroxyl groups excluding tert-OH is 1. The van der Waals surface area contributed by atoms with E-state index in [0.717, 1.165) is 6.92 Å². The topological polar surface area (TPSA) is 137 Å². The molecule has 1 rings (SSSR count). The van der Waals surface area contributed by atoms with Crippen molar-refractivity contribution in [3.63, 3.8) is 0 Å². The van der Waals surface area contributed by atoms with Crippen LogP contribution in [0.3, 0.4) is 0 Å². The van der Waals surface area contributed by atoms with Crippen LogP contribution in [-0.4, -0.2) is 43.7 Å². The highest BCUT2D eigenvalue weighted by atomic mass is 31.2. The molecule has 96 valence electrons. The van der Waals surface area contributed by atoms with E-state index < -0.39 is 39.1 Å². The molecular formula is C6H14O8P2. The summed E-state index contributed by atoms with van der Waals surface area (Å²) in [6, 6.07) is 0. The quantitative estimate of drug-likeness (QED) is 0.401. The van der Waals surface area contributed by atoms with Gasteiger partial charge in [0.25, 0.3) is 0 Å². The Morgan fingerprint density at radius 2 is 1.75 bits per heavy atom. The summed E-state index contributed by atoms with van der Waals surface area (Å²) in [6.45, 7) is 2.65. The standard InChI is InChI=1S/C6H14O8P2/c1-3(5(7)15(8,9)10)14-16(11,12)6-4(2)13-6/h3-7H,1-2H3,(H,11,12)(H2,8,9,10)/t3?,4-,5?,6+/m0/s1. The van der Waals surface area contributed by atoms with E-state index in [1.54, 1.807) is 6.92 Å². The third-order valence-electron chi connectivity index (χ3n) is 2.08. The van der Waals surface area contributed by atoms with Crippen LogP contribution in [0.4, 0.5) is 0 Å². The monoisotopic (exact) mass is 276 g/mol. The first-order valence-corrected chi connectivity index (χ1v) is 7.78. The number of hydrogen-bond donors (Lipinski definition) is 4. The Hall–Kier alpha value is 0.220. The molecule has 1 heterocycles. The molecule has 1 fully saturated rings. The highest BCUT2D eigenvalue weighted by Crippen LogP contribution is 2.59. The van der Waals surface area contributed by atoms with Gasteiger partial charge in [0.1, 0.15) is 6.10 Å². The molecule has 3 unspecified atom stereocenters. The molecule has 0 spiro atoms. The van der Waals surface area contributed by atoms with Gasteiger partial charge >= 0.3 is 15.2 Å². The van der Waals surface area contributed by atoms with E-state index in [1.807, 2.05) is 0 Å². The van der Waals surface area contributed by atoms with Crippen LogP contribution in [0.15, 0.2) is 0 Å². The lowest BCUT2D eigenvalue weighted by atomic mass is 10.4. The maximum Gasteiger partial charge on any atom is 0.359 e. The first kappa shape index (κ1) is 14.3. The van der Waals surface area contributed by atoms with Crippen molar-refractivity contribution in [1.82, 2.24) is 0 Å². The summed E-state index contributed by atoms with van der Waals surface area (Å²) in [6.07, 6.45) is -1.90. The lowest BCUT2D eigenvalue weighted by molar-refractivity contribution is 0.0698. The summed E-state index contributed by atoms with van der Waals surface area (Å²) >= 11 is 0. The second-order valence-corrected chi connectivity index (χ2v) is 7.16. The van der Waals surface area contributed by atoms with Gasteiger partial charge in [-0.05, 0) is 13.8 Å². The molecule has 5 atom stereocenters. The number of epoxide rings is 1. The third-order valence-corrected chi connectivity index (χ3v) is 5.01. The Bertz CT molecular complexity index is 350. The number of aliphatic hydroxyl groups is 1. The van der Waals surface area contributed by atoms with Gasteiger partial charge in [-0.2, -0.15) is 0 Å². The zero-order chi connectivity index (χ0) is 12.7. The largest absolute Gasteiger partial charge is 0.378 e. The van der Waals surface area contributed by atoms with Crippen LogP contribution in [0.5, 0.6) is 0 Å². The fourth-order valence-electron chi connectivity index (χ4n) is 1.14. The van der Waals surface area contributed by atoms with Crippen molar-refractivity contribution in [3.8, 4) is 0 Å². The zero-order valence-corrected chi connectivity index (χ0v) is 10.4. The predicted octanol–water partition coefficient (Wildman–Crippen LogP) is -0.182. The highest BCUT2D eigenvalue weighted by molar-refractivity contribution is 7.54. The smallest absolute Gasteiger partial charge is 0.359 e. The molecular weight excluding hydrogens is 262 g/mol. The van der Waals surface area contributed by atoms with Crippen molar-refractivity contribution < 1.29 is 38.2 Å². The van der Waals surface area contributed by atoms with E-state index in [0.29, 0.717) is 0 Å². The molecule has 10 heteroatoms. The van der Waals surface area contributed by atoms with E-state index in [-0.39, 0.29) is 0 Å². The van der Waals surface area contributed by atoms with Crippen LogP contribution in [0.1, 0.15) is 13.8 Å². The van der Waals surface area contributed by atoms with Crippen molar-refractivity contribution >= 4 is 15.2 Å². The Morgan fingerprint density at radius 3 is 2.06 bits per heavy atom. The summed E-state index contributed by atoms with van der Waals surface area (Å²) in [4.78, 5) is 26.6. The highest BCUT2D eigenvalue weighted by Gasteiger charge is 2.52. The van der Waals surface area contributed by atoms with E-state index in [2.05, 4.69) is 4.52 Å². The minimum Gasteiger partial charge on any atom is -0.378 e. The first-order chi connectivity index (χ1) is 7.05.